The van der Waals surface area contributed by atoms with E-state index in [1.165, 1.54) is 30.4 Å². The van der Waals surface area contributed by atoms with Crippen molar-refractivity contribution in [3.8, 4) is 0 Å². The van der Waals surface area contributed by atoms with Crippen LogP contribution in [-0.2, 0) is 0 Å². The van der Waals surface area contributed by atoms with E-state index in [9.17, 15) is 24.1 Å². The first-order valence-electron chi connectivity index (χ1n) is 5.52. The molecule has 2 N–H and O–H groups in total. The monoisotopic (exact) mass is 355 g/mol. The Hall–Kier alpha value is -2.55. The number of rotatable bonds is 3. The molecule has 1 aromatic carbocycles. The number of nitrogens with one attached hydrogen (secondary N) is 2. The van der Waals surface area contributed by atoms with Crippen molar-refractivity contribution >= 4 is 33.8 Å². The third-order valence-electron chi connectivity index (χ3n) is 2.51. The summed E-state index contributed by atoms with van der Waals surface area (Å²) in [5.74, 6) is -0.456. The average molecular weight is 356 g/mol. The molecule has 0 saturated heterocycles. The maximum atomic E-state index is 13.1. The van der Waals surface area contributed by atoms with Crippen LogP contribution in [0.5, 0.6) is 0 Å². The van der Waals surface area contributed by atoms with Gasteiger partial charge >= 0.3 is 16.9 Å². The smallest absolute Gasteiger partial charge is 0.301 e. The van der Waals surface area contributed by atoms with Crippen LogP contribution in [0.1, 0.15) is 11.3 Å². The molecule has 0 amide bonds. The van der Waals surface area contributed by atoms with E-state index < -0.39 is 27.7 Å². The van der Waals surface area contributed by atoms with E-state index in [2.05, 4.69) is 20.9 Å². The fourth-order valence-electron chi connectivity index (χ4n) is 1.59. The zero-order valence-corrected chi connectivity index (χ0v) is 11.8. The molecule has 0 aliphatic carbocycles. The van der Waals surface area contributed by atoms with Gasteiger partial charge in [0.05, 0.1) is 9.40 Å². The zero-order valence-electron chi connectivity index (χ0n) is 10.2. The fourth-order valence-corrected chi connectivity index (χ4v) is 1.99. The Morgan fingerprint density at radius 3 is 2.57 bits per heavy atom. The second-order valence-electron chi connectivity index (χ2n) is 3.93. The molecule has 0 unspecified atom stereocenters. The molecule has 9 heteroatoms. The number of benzene rings is 1. The van der Waals surface area contributed by atoms with Crippen LogP contribution in [0.3, 0.4) is 0 Å². The van der Waals surface area contributed by atoms with Gasteiger partial charge in [-0.15, -0.1) is 0 Å². The minimum absolute atomic E-state index is 0.221. The van der Waals surface area contributed by atoms with Crippen molar-refractivity contribution in [1.82, 2.24) is 9.97 Å². The number of hydrogen-bond acceptors (Lipinski definition) is 4. The summed E-state index contributed by atoms with van der Waals surface area (Å²) in [6.45, 7) is 0. The second kappa shape index (κ2) is 5.83. The van der Waals surface area contributed by atoms with Crippen LogP contribution in [0.25, 0.3) is 12.2 Å². The van der Waals surface area contributed by atoms with Gasteiger partial charge < -0.3 is 4.98 Å². The van der Waals surface area contributed by atoms with Gasteiger partial charge in [-0.2, -0.15) is 0 Å². The summed E-state index contributed by atoms with van der Waals surface area (Å²) < 4.78 is 13.3. The predicted octanol–water partition coefficient (Wildman–Crippen LogP) is 2.04. The van der Waals surface area contributed by atoms with Gasteiger partial charge in [0.25, 0.3) is 0 Å². The highest BCUT2D eigenvalue weighted by Gasteiger charge is 2.18. The van der Waals surface area contributed by atoms with Crippen molar-refractivity contribution < 1.29 is 9.31 Å². The Balaban J connectivity index is 2.50. The van der Waals surface area contributed by atoms with Gasteiger partial charge in [0, 0.05) is 0 Å². The largest absolute Gasteiger partial charge is 0.357 e. The van der Waals surface area contributed by atoms with Crippen molar-refractivity contribution in [3.05, 3.63) is 70.7 Å². The SMILES string of the molecule is O=c1[nH]c(/C=C/c2ccc(F)c(Br)c2)c([N+](=O)[O-])c(=O)[nH]1. The van der Waals surface area contributed by atoms with Crippen molar-refractivity contribution in [3.63, 3.8) is 0 Å². The molecule has 108 valence electrons. The molecule has 21 heavy (non-hydrogen) atoms. The molecule has 0 aliphatic rings. The summed E-state index contributed by atoms with van der Waals surface area (Å²) in [7, 11) is 0. The van der Waals surface area contributed by atoms with Crippen LogP contribution >= 0.6 is 15.9 Å². The number of nitrogens with zero attached hydrogens (tertiary/aromatic N) is 1. The maximum absolute atomic E-state index is 13.1. The van der Waals surface area contributed by atoms with Crippen LogP contribution in [0.15, 0.2) is 32.3 Å². The second-order valence-corrected chi connectivity index (χ2v) is 4.79. The van der Waals surface area contributed by atoms with Gasteiger partial charge in [0.1, 0.15) is 11.5 Å². The summed E-state index contributed by atoms with van der Waals surface area (Å²) in [6, 6.07) is 4.09. The molecule has 2 rings (SSSR count). The van der Waals surface area contributed by atoms with Crippen molar-refractivity contribution in [2.45, 2.75) is 0 Å². The summed E-state index contributed by atoms with van der Waals surface area (Å²) in [4.78, 5) is 36.5. The van der Waals surface area contributed by atoms with Gasteiger partial charge in [0.15, 0.2) is 0 Å². The number of hydrogen-bond donors (Lipinski definition) is 2. The highest BCUT2D eigenvalue weighted by molar-refractivity contribution is 9.10. The zero-order chi connectivity index (χ0) is 15.6. The van der Waals surface area contributed by atoms with E-state index >= 15 is 0 Å². The van der Waals surface area contributed by atoms with Gasteiger partial charge in [-0.3, -0.25) is 19.9 Å². The van der Waals surface area contributed by atoms with Gasteiger partial charge in [-0.1, -0.05) is 12.1 Å². The molecule has 1 heterocycles. The van der Waals surface area contributed by atoms with Gasteiger partial charge in [0.2, 0.25) is 0 Å². The van der Waals surface area contributed by atoms with Crippen molar-refractivity contribution in [2.24, 2.45) is 0 Å². The molecule has 1 aromatic heterocycles. The van der Waals surface area contributed by atoms with Crippen LogP contribution in [0, 0.1) is 15.9 Å². The predicted molar refractivity (Wildman–Crippen MR) is 77.4 cm³/mol. The molecule has 0 radical (unpaired) electrons. The molecular formula is C12H7BrFN3O4. The molecule has 0 atom stereocenters. The van der Waals surface area contributed by atoms with E-state index in [0.717, 1.165) is 0 Å². The quantitative estimate of drug-likeness (QED) is 0.648. The Morgan fingerprint density at radius 2 is 1.95 bits per heavy atom. The Labute approximate surface area is 124 Å². The molecule has 0 spiro atoms. The van der Waals surface area contributed by atoms with Crippen LogP contribution in [0.4, 0.5) is 10.1 Å². The topological polar surface area (TPSA) is 109 Å². The number of aromatic nitrogens is 2. The Kier molecular flexibility index (Phi) is 4.13. The van der Waals surface area contributed by atoms with Gasteiger partial charge in [-0.25, -0.2) is 9.18 Å². The molecule has 7 nitrogen and oxygen atoms in total. The molecule has 0 saturated carbocycles. The standard InChI is InChI=1S/C12H7BrFN3O4/c13-7-5-6(1-3-8(7)14)2-4-9-10(17(20)21)11(18)16-12(19)15-9/h1-5H,(H2,15,16,18,19)/b4-2+. The van der Waals surface area contributed by atoms with E-state index in [-0.39, 0.29) is 10.2 Å². The molecule has 0 aliphatic heterocycles. The third-order valence-corrected chi connectivity index (χ3v) is 3.12. The normalized spacial score (nSPS) is 11.0. The summed E-state index contributed by atoms with van der Waals surface area (Å²) >= 11 is 3.00. The number of nitro groups is 1. The van der Waals surface area contributed by atoms with E-state index in [4.69, 9.17) is 0 Å². The van der Waals surface area contributed by atoms with E-state index in [0.29, 0.717) is 5.56 Å². The lowest BCUT2D eigenvalue weighted by Crippen LogP contribution is -2.25. The van der Waals surface area contributed by atoms with Crippen molar-refractivity contribution in [1.29, 1.82) is 0 Å². The average Bonchev–Trinajstić information content (AvgIpc) is 2.38. The summed E-state index contributed by atoms with van der Waals surface area (Å²) in [5, 5.41) is 10.8. The highest BCUT2D eigenvalue weighted by Crippen LogP contribution is 2.19. The molecule has 2 aromatic rings. The van der Waals surface area contributed by atoms with Crippen LogP contribution in [0.2, 0.25) is 0 Å². The number of halogens is 2. The van der Waals surface area contributed by atoms with E-state index in [1.54, 1.807) is 4.98 Å². The van der Waals surface area contributed by atoms with Crippen LogP contribution in [-0.4, -0.2) is 14.9 Å². The lowest BCUT2D eigenvalue weighted by molar-refractivity contribution is -0.386. The number of aromatic amines is 2. The number of H-pyrrole nitrogens is 2. The first-order valence-corrected chi connectivity index (χ1v) is 6.32. The molecular weight excluding hydrogens is 349 g/mol. The Morgan fingerprint density at radius 1 is 1.24 bits per heavy atom. The first-order chi connectivity index (χ1) is 9.88. The third kappa shape index (κ3) is 3.31. The Bertz CT molecular complexity index is 856. The first kappa shape index (κ1) is 14.9. The van der Waals surface area contributed by atoms with Gasteiger partial charge in [-0.05, 0) is 39.7 Å². The fraction of sp³-hybridized carbons (Fsp3) is 0. The lowest BCUT2D eigenvalue weighted by Gasteiger charge is -1.98. The summed E-state index contributed by atoms with van der Waals surface area (Å²) in [5.41, 5.74) is -2.44. The molecule has 0 fully saturated rings. The minimum Gasteiger partial charge on any atom is -0.301 e. The lowest BCUT2D eigenvalue weighted by atomic mass is 10.2. The van der Waals surface area contributed by atoms with Crippen LogP contribution < -0.4 is 11.2 Å². The van der Waals surface area contributed by atoms with E-state index in [1.807, 2.05) is 0 Å². The van der Waals surface area contributed by atoms with Crippen molar-refractivity contribution in [2.75, 3.05) is 0 Å². The highest BCUT2D eigenvalue weighted by atomic mass is 79.9. The minimum atomic E-state index is -1.09. The maximum Gasteiger partial charge on any atom is 0.357 e. The molecule has 0 bridgehead atoms. The summed E-state index contributed by atoms with van der Waals surface area (Å²) in [6.07, 6.45) is 2.61.